The number of hydrogen-bond acceptors (Lipinski definition) is 10. The van der Waals surface area contributed by atoms with Crippen LogP contribution in [0.5, 0.6) is 0 Å². The maximum atomic E-state index is 16.0. The maximum Gasteiger partial charge on any atom is 0.323 e. The van der Waals surface area contributed by atoms with Crippen molar-refractivity contribution in [1.82, 2.24) is 24.6 Å². The number of nitrogens with one attached hydrogen (secondary N) is 2. The van der Waals surface area contributed by atoms with Crippen LogP contribution in [0.3, 0.4) is 0 Å². The first kappa shape index (κ1) is 27.9. The van der Waals surface area contributed by atoms with Gasteiger partial charge in [0.25, 0.3) is 7.52 Å². The highest BCUT2D eigenvalue weighted by molar-refractivity contribution is 7.56. The molecule has 1 fully saturated rings. The Labute approximate surface area is 220 Å². The summed E-state index contributed by atoms with van der Waals surface area (Å²) >= 11 is 0. The van der Waals surface area contributed by atoms with Crippen molar-refractivity contribution in [3.8, 4) is 0 Å². The number of nitrogen functional groups attached to an aromatic ring is 1. The lowest BCUT2D eigenvalue weighted by molar-refractivity contribution is -0.172. The van der Waals surface area contributed by atoms with E-state index in [0.29, 0.717) is 22.5 Å². The summed E-state index contributed by atoms with van der Waals surface area (Å²) in [6, 6.07) is 8.04. The molecule has 1 saturated heterocycles. The van der Waals surface area contributed by atoms with Gasteiger partial charge < -0.3 is 25.0 Å². The minimum atomic E-state index is -3.76. The van der Waals surface area contributed by atoms with Crippen molar-refractivity contribution >= 4 is 36.4 Å². The van der Waals surface area contributed by atoms with E-state index < -0.39 is 38.2 Å². The third-order valence-electron chi connectivity index (χ3n) is 6.15. The van der Waals surface area contributed by atoms with Crippen molar-refractivity contribution in [3.63, 3.8) is 0 Å². The van der Waals surface area contributed by atoms with Crippen molar-refractivity contribution in [2.24, 2.45) is 5.92 Å². The van der Waals surface area contributed by atoms with Crippen molar-refractivity contribution in [1.29, 1.82) is 0 Å². The Balaban J connectivity index is 1.53. The zero-order chi connectivity index (χ0) is 27.5. The van der Waals surface area contributed by atoms with Crippen LogP contribution in [-0.4, -0.2) is 57.6 Å². The summed E-state index contributed by atoms with van der Waals surface area (Å²) in [7, 11) is -2.08. The van der Waals surface area contributed by atoms with Gasteiger partial charge in [0.05, 0.1) is 19.1 Å². The van der Waals surface area contributed by atoms with Crippen molar-refractivity contribution in [2.75, 3.05) is 31.3 Å². The van der Waals surface area contributed by atoms with Crippen LogP contribution < -0.4 is 16.1 Å². The Morgan fingerprint density at radius 1 is 1.37 bits per heavy atom. The van der Waals surface area contributed by atoms with Gasteiger partial charge in [0.15, 0.2) is 17.0 Å². The van der Waals surface area contributed by atoms with E-state index in [1.807, 2.05) is 13.0 Å². The number of fused-ring (bicyclic) bond motifs is 1. The highest BCUT2D eigenvalue weighted by Crippen LogP contribution is 2.50. The van der Waals surface area contributed by atoms with E-state index in [0.717, 1.165) is 0 Å². The van der Waals surface area contributed by atoms with Crippen LogP contribution in [0.4, 0.5) is 16.2 Å². The van der Waals surface area contributed by atoms with Gasteiger partial charge in [-0.25, -0.2) is 14.5 Å². The van der Waals surface area contributed by atoms with Crippen molar-refractivity contribution < 1.29 is 27.7 Å². The van der Waals surface area contributed by atoms with Crippen molar-refractivity contribution in [2.45, 2.75) is 51.5 Å². The van der Waals surface area contributed by atoms with Gasteiger partial charge in [-0.05, 0) is 19.4 Å². The fourth-order valence-electron chi connectivity index (χ4n) is 4.45. The summed E-state index contributed by atoms with van der Waals surface area (Å²) in [5.74, 6) is -2.68. The number of halogens is 1. The van der Waals surface area contributed by atoms with Gasteiger partial charge in [-0.2, -0.15) is 9.97 Å². The zero-order valence-corrected chi connectivity index (χ0v) is 22.7. The fraction of sp³-hybridized carbons (Fsp3) is 0.500. The largest absolute Gasteiger partial charge is 0.465 e. The normalized spacial score (nSPS) is 23.7. The topological polar surface area (TPSA) is 156 Å². The molecule has 14 heteroatoms. The lowest BCUT2D eigenvalue weighted by atomic mass is 10.1. The zero-order valence-electron chi connectivity index (χ0n) is 21.8. The predicted molar refractivity (Wildman–Crippen MR) is 140 cm³/mol. The minimum Gasteiger partial charge on any atom is -0.465 e. The second-order valence-electron chi connectivity index (χ2n) is 9.27. The Hall–Kier alpha value is -3.12. The summed E-state index contributed by atoms with van der Waals surface area (Å²) in [6.07, 6.45) is 0.640. The number of imidazole rings is 1. The van der Waals surface area contributed by atoms with E-state index in [1.165, 1.54) is 13.3 Å². The number of nitrogens with zero attached hydrogens (tertiary/aromatic N) is 4. The molecule has 206 valence electrons. The summed E-state index contributed by atoms with van der Waals surface area (Å²) < 4.78 is 48.1. The number of aromatic nitrogens is 4. The molecular formula is C24H33FN7O5P. The Bertz CT molecular complexity index is 1330. The van der Waals surface area contributed by atoms with E-state index in [-0.39, 0.29) is 31.1 Å². The molecule has 4 rings (SSSR count). The van der Waals surface area contributed by atoms with E-state index in [1.54, 1.807) is 42.8 Å². The SMILES string of the molecule is CCOC(=O)[C@@H](C)NP(=O)(Cc1ccccc1)OC[C@]1(F)C[C@H](C)[C@H](n2cnc3c(NC)nc(N)nc32)O1. The molecule has 1 aliphatic rings. The molecule has 0 radical (unpaired) electrons. The molecule has 0 spiro atoms. The van der Waals surface area contributed by atoms with Crippen LogP contribution in [0.1, 0.15) is 39.0 Å². The van der Waals surface area contributed by atoms with E-state index in [9.17, 15) is 9.36 Å². The first-order valence-electron chi connectivity index (χ1n) is 12.3. The molecule has 1 aliphatic heterocycles. The molecule has 1 aromatic carbocycles. The third kappa shape index (κ3) is 6.12. The van der Waals surface area contributed by atoms with Gasteiger partial charge in [-0.3, -0.25) is 13.9 Å². The number of anilines is 2. The molecule has 12 nitrogen and oxygen atoms in total. The highest BCUT2D eigenvalue weighted by atomic mass is 31.2. The first-order chi connectivity index (χ1) is 18.1. The summed E-state index contributed by atoms with van der Waals surface area (Å²) in [5, 5.41) is 5.66. The van der Waals surface area contributed by atoms with Crippen LogP contribution in [0.25, 0.3) is 11.2 Å². The van der Waals surface area contributed by atoms with Crippen LogP contribution in [0, 0.1) is 5.92 Å². The van der Waals surface area contributed by atoms with Crippen LogP contribution in [0.2, 0.25) is 0 Å². The minimum absolute atomic E-state index is 0.0322. The molecule has 0 bridgehead atoms. The molecule has 1 unspecified atom stereocenters. The number of carbonyl (C=O) groups is 1. The lowest BCUT2D eigenvalue weighted by Gasteiger charge is -2.27. The second-order valence-corrected chi connectivity index (χ2v) is 11.5. The number of esters is 1. The molecular weight excluding hydrogens is 516 g/mol. The van der Waals surface area contributed by atoms with Gasteiger partial charge in [-0.15, -0.1) is 0 Å². The van der Waals surface area contributed by atoms with Gasteiger partial charge in [0.2, 0.25) is 11.8 Å². The number of alkyl halides is 1. The number of nitrogens with two attached hydrogens (primary N) is 1. The second kappa shape index (κ2) is 11.3. The molecule has 2 aromatic heterocycles. The lowest BCUT2D eigenvalue weighted by Crippen LogP contribution is -2.36. The monoisotopic (exact) mass is 549 g/mol. The summed E-state index contributed by atoms with van der Waals surface area (Å²) in [6.45, 7) is 4.57. The molecule has 0 amide bonds. The van der Waals surface area contributed by atoms with Gasteiger partial charge >= 0.3 is 5.97 Å². The summed E-state index contributed by atoms with van der Waals surface area (Å²) in [5.41, 5.74) is 7.41. The molecule has 3 aromatic rings. The molecule has 0 saturated carbocycles. The predicted octanol–water partition coefficient (Wildman–Crippen LogP) is 3.62. The number of benzene rings is 1. The first-order valence-corrected chi connectivity index (χ1v) is 14.1. The van der Waals surface area contributed by atoms with E-state index in [4.69, 9.17) is 19.7 Å². The molecule has 5 atom stereocenters. The summed E-state index contributed by atoms with van der Waals surface area (Å²) in [4.78, 5) is 24.9. The standard InChI is InChI=1S/C24H33FN7O5P/c1-5-35-22(33)16(3)31-38(34,12-17-9-7-6-8-10-17)36-13-24(25)11-15(2)21(37-24)32-14-28-18-19(27-4)29-23(26)30-20(18)32/h6-10,14-16,21H,5,11-13H2,1-4H3,(H,31,34)(H3,26,27,29,30)/t15-,16+,21+,24-,38?/m0/s1. The maximum absolute atomic E-state index is 16.0. The molecule has 38 heavy (non-hydrogen) atoms. The van der Waals surface area contributed by atoms with E-state index in [2.05, 4.69) is 25.4 Å². The van der Waals surface area contributed by atoms with Crippen molar-refractivity contribution in [3.05, 3.63) is 42.2 Å². The van der Waals surface area contributed by atoms with E-state index >= 15 is 4.39 Å². The molecule has 0 aliphatic carbocycles. The number of rotatable bonds is 11. The van der Waals surface area contributed by atoms with Gasteiger partial charge in [0.1, 0.15) is 18.9 Å². The average Bonchev–Trinajstić information content (AvgIpc) is 3.43. The Morgan fingerprint density at radius 2 is 2.11 bits per heavy atom. The molecule has 3 heterocycles. The van der Waals surface area contributed by atoms with Gasteiger partial charge in [0, 0.05) is 19.4 Å². The number of carbonyl (C=O) groups excluding carboxylic acids is 1. The quantitative estimate of drug-likeness (QED) is 0.237. The Kier molecular flexibility index (Phi) is 8.31. The highest BCUT2D eigenvalue weighted by Gasteiger charge is 2.48. The third-order valence-corrected chi connectivity index (χ3v) is 8.26. The number of ether oxygens (including phenoxy) is 2. The van der Waals surface area contributed by atoms with Crippen LogP contribution in [-0.2, 0) is 29.5 Å². The van der Waals surface area contributed by atoms with Crippen LogP contribution in [0.15, 0.2) is 36.7 Å². The molecule has 4 N–H and O–H groups in total. The Morgan fingerprint density at radius 3 is 2.79 bits per heavy atom. The average molecular weight is 550 g/mol. The smallest absolute Gasteiger partial charge is 0.323 e. The number of hydrogen-bond donors (Lipinski definition) is 3. The van der Waals surface area contributed by atoms with Gasteiger partial charge in [-0.1, -0.05) is 37.3 Å². The fourth-order valence-corrected chi connectivity index (χ4v) is 6.49. The van der Waals surface area contributed by atoms with Crippen LogP contribution >= 0.6 is 7.52 Å².